The Hall–Kier alpha value is -3.87. The van der Waals surface area contributed by atoms with Crippen LogP contribution >= 0.6 is 0 Å². The molecule has 1 fully saturated rings. The summed E-state index contributed by atoms with van der Waals surface area (Å²) in [6.07, 6.45) is 10.1. The van der Waals surface area contributed by atoms with Crippen molar-refractivity contribution in [3.05, 3.63) is 95.4 Å². The van der Waals surface area contributed by atoms with E-state index in [2.05, 4.69) is 38.8 Å². The molecule has 0 bridgehead atoms. The Morgan fingerprint density at radius 3 is 2.58 bits per heavy atom. The van der Waals surface area contributed by atoms with E-state index in [9.17, 15) is 9.59 Å². The molecular weight excluding hydrogens is 390 g/mol. The second-order valence-electron chi connectivity index (χ2n) is 7.91. The number of allylic oxidation sites excluding steroid dienone is 3. The molecule has 3 heterocycles. The Balaban J connectivity index is 1.23. The summed E-state index contributed by atoms with van der Waals surface area (Å²) in [6.45, 7) is 2.12. The Morgan fingerprint density at radius 1 is 1.06 bits per heavy atom. The number of hydrogen-bond donors (Lipinski definition) is 3. The quantitative estimate of drug-likeness (QED) is 0.700. The molecular formula is C24H23N5O2. The monoisotopic (exact) mass is 413 g/mol. The minimum absolute atomic E-state index is 0.123. The first kappa shape index (κ1) is 19.1. The van der Waals surface area contributed by atoms with Crippen LogP contribution in [0, 0.1) is 5.92 Å². The molecule has 7 nitrogen and oxygen atoms in total. The summed E-state index contributed by atoms with van der Waals surface area (Å²) in [7, 11) is 0. The largest absolute Gasteiger partial charge is 0.363 e. The molecule has 0 saturated heterocycles. The van der Waals surface area contributed by atoms with Gasteiger partial charge >= 0.3 is 0 Å². The molecule has 3 N–H and O–H groups in total. The molecule has 1 aliphatic carbocycles. The van der Waals surface area contributed by atoms with E-state index in [1.807, 2.05) is 12.3 Å². The van der Waals surface area contributed by atoms with Crippen molar-refractivity contribution in [2.45, 2.75) is 25.9 Å². The Labute approximate surface area is 180 Å². The van der Waals surface area contributed by atoms with E-state index < -0.39 is 0 Å². The number of fused-ring (bicyclic) bond motifs is 1. The van der Waals surface area contributed by atoms with Crippen molar-refractivity contribution < 1.29 is 9.59 Å². The standard InChI is InChI=1S/C24H23N5O2/c1-15-22(16-5-6-16)28-21-12-11-19(14-29(15)21)27-23(30)17-7-9-18(10-8-17)26-24(31)20-4-2-3-13-25-20/h2-4,7-14,16,21,28H,5-6H2,1H3,(H,26,31)(H,27,30). The molecule has 2 amide bonds. The zero-order valence-electron chi connectivity index (χ0n) is 17.1. The third-order valence-corrected chi connectivity index (χ3v) is 5.66. The lowest BCUT2D eigenvalue weighted by molar-refractivity contribution is 0.0965. The molecule has 0 radical (unpaired) electrons. The number of benzene rings is 1. The Bertz CT molecular complexity index is 1110. The number of aromatic nitrogens is 1. The minimum Gasteiger partial charge on any atom is -0.363 e. The first-order valence-corrected chi connectivity index (χ1v) is 10.4. The van der Waals surface area contributed by atoms with E-state index in [1.54, 1.807) is 48.7 Å². The first-order chi connectivity index (χ1) is 15.1. The fourth-order valence-corrected chi connectivity index (χ4v) is 3.85. The average Bonchev–Trinajstić information content (AvgIpc) is 3.59. The van der Waals surface area contributed by atoms with Crippen LogP contribution in [-0.2, 0) is 0 Å². The van der Waals surface area contributed by atoms with Crippen LogP contribution in [-0.4, -0.2) is 27.9 Å². The molecule has 31 heavy (non-hydrogen) atoms. The van der Waals surface area contributed by atoms with Crippen LogP contribution in [0.2, 0.25) is 0 Å². The van der Waals surface area contributed by atoms with Gasteiger partial charge in [0.1, 0.15) is 11.9 Å². The molecule has 156 valence electrons. The second-order valence-corrected chi connectivity index (χ2v) is 7.91. The van der Waals surface area contributed by atoms with Gasteiger partial charge in [0.15, 0.2) is 0 Å². The number of nitrogens with zero attached hydrogens (tertiary/aromatic N) is 2. The summed E-state index contributed by atoms with van der Waals surface area (Å²) < 4.78 is 0. The van der Waals surface area contributed by atoms with Gasteiger partial charge in [0.2, 0.25) is 0 Å². The molecule has 1 aromatic carbocycles. The Morgan fingerprint density at radius 2 is 1.87 bits per heavy atom. The van der Waals surface area contributed by atoms with Gasteiger partial charge in [0, 0.05) is 41.0 Å². The van der Waals surface area contributed by atoms with Gasteiger partial charge in [-0.05, 0) is 68.3 Å². The van der Waals surface area contributed by atoms with Crippen molar-refractivity contribution in [2.24, 2.45) is 5.92 Å². The smallest absolute Gasteiger partial charge is 0.274 e. The summed E-state index contributed by atoms with van der Waals surface area (Å²) in [5, 5.41) is 9.31. The van der Waals surface area contributed by atoms with E-state index >= 15 is 0 Å². The van der Waals surface area contributed by atoms with Crippen LogP contribution in [0.15, 0.2) is 84.1 Å². The molecule has 7 heteroatoms. The van der Waals surface area contributed by atoms with Crippen molar-refractivity contribution >= 4 is 17.5 Å². The van der Waals surface area contributed by atoms with Crippen molar-refractivity contribution in [1.82, 2.24) is 20.5 Å². The summed E-state index contributed by atoms with van der Waals surface area (Å²) in [6, 6.07) is 11.9. The molecule has 0 spiro atoms. The Kier molecular flexibility index (Phi) is 4.78. The van der Waals surface area contributed by atoms with Crippen LogP contribution in [0.3, 0.4) is 0 Å². The van der Waals surface area contributed by atoms with Gasteiger partial charge in [-0.2, -0.15) is 0 Å². The highest BCUT2D eigenvalue weighted by atomic mass is 16.2. The van der Waals surface area contributed by atoms with E-state index in [0.717, 1.165) is 5.70 Å². The van der Waals surface area contributed by atoms with Gasteiger partial charge in [0.05, 0.1) is 5.70 Å². The van der Waals surface area contributed by atoms with E-state index in [0.29, 0.717) is 22.9 Å². The van der Waals surface area contributed by atoms with E-state index in [-0.39, 0.29) is 18.0 Å². The number of amides is 2. The van der Waals surface area contributed by atoms with Crippen molar-refractivity contribution in [1.29, 1.82) is 0 Å². The molecule has 1 aromatic heterocycles. The lowest BCUT2D eigenvalue weighted by Crippen LogP contribution is -2.36. The number of anilines is 1. The predicted molar refractivity (Wildman–Crippen MR) is 118 cm³/mol. The fraction of sp³-hybridized carbons (Fsp3) is 0.208. The normalized spacial score (nSPS) is 19.5. The summed E-state index contributed by atoms with van der Waals surface area (Å²) in [5.41, 5.74) is 4.73. The van der Waals surface area contributed by atoms with Crippen molar-refractivity contribution in [3.8, 4) is 0 Å². The molecule has 1 atom stereocenters. The summed E-state index contributed by atoms with van der Waals surface area (Å²) in [5.74, 6) is 0.161. The zero-order valence-corrected chi connectivity index (χ0v) is 17.1. The van der Waals surface area contributed by atoms with Crippen molar-refractivity contribution in [2.75, 3.05) is 5.32 Å². The average molecular weight is 413 g/mol. The number of carbonyl (C=O) groups is 2. The first-order valence-electron chi connectivity index (χ1n) is 10.4. The van der Waals surface area contributed by atoms with E-state index in [4.69, 9.17) is 0 Å². The molecule has 3 aliphatic rings. The molecule has 1 unspecified atom stereocenters. The van der Waals surface area contributed by atoms with Gasteiger partial charge in [-0.15, -0.1) is 0 Å². The number of pyridine rings is 1. The topological polar surface area (TPSA) is 86.4 Å². The van der Waals surface area contributed by atoms with Crippen LogP contribution in [0.4, 0.5) is 5.69 Å². The maximum absolute atomic E-state index is 12.7. The number of carbonyl (C=O) groups excluding carboxylic acids is 2. The molecule has 2 aromatic rings. The van der Waals surface area contributed by atoms with Crippen LogP contribution in [0.5, 0.6) is 0 Å². The third kappa shape index (κ3) is 3.94. The number of nitrogens with one attached hydrogen (secondary N) is 3. The maximum Gasteiger partial charge on any atom is 0.274 e. The SMILES string of the molecule is CC1=C(C2CC2)NC2C=CC(NC(=O)c3ccc(NC(=O)c4ccccn4)cc3)=CN12. The van der Waals surface area contributed by atoms with Gasteiger partial charge < -0.3 is 20.9 Å². The maximum atomic E-state index is 12.7. The lowest BCUT2D eigenvalue weighted by atomic mass is 10.1. The third-order valence-electron chi connectivity index (χ3n) is 5.66. The highest BCUT2D eigenvalue weighted by molar-refractivity contribution is 6.03. The molecule has 5 rings (SSSR count). The van der Waals surface area contributed by atoms with Gasteiger partial charge in [-0.3, -0.25) is 14.6 Å². The van der Waals surface area contributed by atoms with Gasteiger partial charge in [0.25, 0.3) is 11.8 Å². The zero-order chi connectivity index (χ0) is 21.4. The summed E-state index contributed by atoms with van der Waals surface area (Å²) in [4.78, 5) is 31.1. The van der Waals surface area contributed by atoms with Gasteiger partial charge in [-0.25, -0.2) is 0 Å². The van der Waals surface area contributed by atoms with E-state index in [1.165, 1.54) is 24.2 Å². The predicted octanol–water partition coefficient (Wildman–Crippen LogP) is 3.35. The van der Waals surface area contributed by atoms with Crippen LogP contribution in [0.25, 0.3) is 0 Å². The van der Waals surface area contributed by atoms with Gasteiger partial charge in [-0.1, -0.05) is 6.07 Å². The van der Waals surface area contributed by atoms with Crippen LogP contribution in [0.1, 0.15) is 40.6 Å². The highest BCUT2D eigenvalue weighted by Gasteiger charge is 2.36. The van der Waals surface area contributed by atoms with Crippen molar-refractivity contribution in [3.63, 3.8) is 0 Å². The lowest BCUT2D eigenvalue weighted by Gasteiger charge is -2.26. The molecule has 2 aliphatic heterocycles. The highest BCUT2D eigenvalue weighted by Crippen LogP contribution is 2.41. The number of rotatable bonds is 5. The fourth-order valence-electron chi connectivity index (χ4n) is 3.85. The molecule has 1 saturated carbocycles. The minimum atomic E-state index is -0.293. The van der Waals surface area contributed by atoms with Crippen LogP contribution < -0.4 is 16.0 Å². The second kappa shape index (κ2) is 7.75. The number of hydrogen-bond acceptors (Lipinski definition) is 5. The summed E-state index contributed by atoms with van der Waals surface area (Å²) >= 11 is 0.